The van der Waals surface area contributed by atoms with Gasteiger partial charge in [-0.2, -0.15) is 5.26 Å². The number of hydrogen-bond donors (Lipinski definition) is 0. The van der Waals surface area contributed by atoms with Gasteiger partial charge in [0.2, 0.25) is 0 Å². The molecular formula is C30H30IN3O7S. The zero-order chi connectivity index (χ0) is 30.6. The van der Waals surface area contributed by atoms with E-state index < -0.39 is 12.0 Å². The van der Waals surface area contributed by atoms with Crippen molar-refractivity contribution in [2.24, 2.45) is 4.99 Å². The van der Waals surface area contributed by atoms with Crippen molar-refractivity contribution in [2.45, 2.75) is 39.8 Å². The lowest BCUT2D eigenvalue weighted by molar-refractivity contribution is -0.139. The number of halogens is 1. The van der Waals surface area contributed by atoms with E-state index in [1.165, 1.54) is 30.1 Å². The number of benzene rings is 2. The number of hydrogen-bond acceptors (Lipinski definition) is 10. The molecule has 220 valence electrons. The smallest absolute Gasteiger partial charge is 0.338 e. The summed E-state index contributed by atoms with van der Waals surface area (Å²) in [6.45, 7) is 7.24. The Kier molecular flexibility index (Phi) is 9.95. The van der Waals surface area contributed by atoms with E-state index in [4.69, 9.17) is 28.9 Å². The van der Waals surface area contributed by atoms with Gasteiger partial charge in [-0.25, -0.2) is 9.79 Å². The Morgan fingerprint density at radius 1 is 1.19 bits per heavy atom. The summed E-state index contributed by atoms with van der Waals surface area (Å²) in [5, 5.41) is 9.10. The quantitative estimate of drug-likeness (QED) is 0.229. The largest absolute Gasteiger partial charge is 0.493 e. The summed E-state index contributed by atoms with van der Waals surface area (Å²) in [5.74, 6) is 1.22. The number of carbonyl (C=O) groups is 1. The van der Waals surface area contributed by atoms with Crippen LogP contribution in [0.3, 0.4) is 0 Å². The molecular weight excluding hydrogens is 673 g/mol. The van der Waals surface area contributed by atoms with Crippen LogP contribution < -0.4 is 33.8 Å². The number of nitriles is 1. The standard InChI is InChI=1S/C30H30IN3O7S/c1-7-39-29(36)25-17(4)33-30-34(26(25)18-8-9-21(41-16(2)3)22(13-18)37-5)28(35)24(42-30)14-19-12-20(31)15-23(38-6)27(19)40-11-10-32/h8-9,12-16,26H,7,11H2,1-6H3/b24-14+/t26-/m1/s1. The molecule has 0 fully saturated rings. The summed E-state index contributed by atoms with van der Waals surface area (Å²) in [4.78, 5) is 32.4. The Hall–Kier alpha value is -3.83. The third-order valence-corrected chi connectivity index (χ3v) is 7.82. The molecule has 1 aromatic heterocycles. The molecule has 0 N–H and O–H groups in total. The fourth-order valence-electron chi connectivity index (χ4n) is 4.56. The Balaban J connectivity index is 1.98. The van der Waals surface area contributed by atoms with Crippen LogP contribution in [0, 0.1) is 14.9 Å². The van der Waals surface area contributed by atoms with Crippen LogP contribution in [0.25, 0.3) is 6.08 Å². The number of methoxy groups -OCH3 is 2. The molecule has 0 saturated heterocycles. The van der Waals surface area contributed by atoms with E-state index in [1.807, 2.05) is 26.0 Å². The van der Waals surface area contributed by atoms with Gasteiger partial charge in [0.1, 0.15) is 6.07 Å². The maximum Gasteiger partial charge on any atom is 0.338 e. The van der Waals surface area contributed by atoms with Crippen molar-refractivity contribution in [1.82, 2.24) is 4.57 Å². The first-order valence-electron chi connectivity index (χ1n) is 13.0. The normalized spacial score (nSPS) is 14.6. The Bertz CT molecular complexity index is 1770. The Labute approximate surface area is 260 Å². The number of fused-ring (bicyclic) bond motifs is 1. The summed E-state index contributed by atoms with van der Waals surface area (Å²) in [7, 11) is 3.04. The number of allylic oxidation sites excluding steroid dienone is 1. The second-order valence-corrected chi connectivity index (χ2v) is 11.6. The highest BCUT2D eigenvalue weighted by Gasteiger charge is 2.34. The summed E-state index contributed by atoms with van der Waals surface area (Å²) in [5.41, 5.74) is 1.53. The predicted octanol–water partition coefficient (Wildman–Crippen LogP) is 4.11. The van der Waals surface area contributed by atoms with Crippen LogP contribution >= 0.6 is 33.9 Å². The molecule has 0 radical (unpaired) electrons. The minimum atomic E-state index is -0.829. The lowest BCUT2D eigenvalue weighted by atomic mass is 9.95. The van der Waals surface area contributed by atoms with E-state index in [2.05, 4.69) is 27.6 Å². The lowest BCUT2D eigenvalue weighted by Gasteiger charge is -2.25. The first kappa shape index (κ1) is 31.1. The van der Waals surface area contributed by atoms with Gasteiger partial charge in [-0.05, 0) is 86.2 Å². The predicted molar refractivity (Wildman–Crippen MR) is 166 cm³/mol. The lowest BCUT2D eigenvalue weighted by Crippen LogP contribution is -2.40. The zero-order valence-corrected chi connectivity index (χ0v) is 27.0. The molecule has 12 heteroatoms. The zero-order valence-electron chi connectivity index (χ0n) is 24.0. The molecule has 0 amide bonds. The molecule has 0 saturated carbocycles. The van der Waals surface area contributed by atoms with Crippen LogP contribution in [0.15, 0.2) is 51.4 Å². The summed E-state index contributed by atoms with van der Waals surface area (Å²) in [6, 6.07) is 10.1. The highest BCUT2D eigenvalue weighted by Crippen LogP contribution is 2.37. The highest BCUT2D eigenvalue weighted by atomic mass is 127. The molecule has 1 aliphatic heterocycles. The summed E-state index contributed by atoms with van der Waals surface area (Å²) >= 11 is 3.33. The maximum atomic E-state index is 14.1. The van der Waals surface area contributed by atoms with E-state index in [1.54, 1.807) is 44.2 Å². The van der Waals surface area contributed by atoms with E-state index in [0.717, 1.165) is 3.57 Å². The van der Waals surface area contributed by atoms with Gasteiger partial charge in [0.25, 0.3) is 5.56 Å². The molecule has 0 unspecified atom stereocenters. The van der Waals surface area contributed by atoms with Crippen molar-refractivity contribution in [3.8, 4) is 29.1 Å². The second-order valence-electron chi connectivity index (χ2n) is 9.35. The Morgan fingerprint density at radius 2 is 1.93 bits per heavy atom. The minimum Gasteiger partial charge on any atom is -0.493 e. The molecule has 4 rings (SSSR count). The van der Waals surface area contributed by atoms with Crippen molar-refractivity contribution >= 4 is 46.0 Å². The monoisotopic (exact) mass is 703 g/mol. The minimum absolute atomic E-state index is 0.0821. The molecule has 3 aromatic rings. The van der Waals surface area contributed by atoms with Crippen molar-refractivity contribution in [1.29, 1.82) is 5.26 Å². The van der Waals surface area contributed by atoms with Gasteiger partial charge >= 0.3 is 5.97 Å². The number of rotatable bonds is 10. The number of nitrogens with zero attached hydrogens (tertiary/aromatic N) is 3. The van der Waals surface area contributed by atoms with Crippen LogP contribution in [-0.4, -0.2) is 44.1 Å². The number of esters is 1. The summed E-state index contributed by atoms with van der Waals surface area (Å²) < 4.78 is 30.7. The first-order valence-corrected chi connectivity index (χ1v) is 14.9. The molecule has 0 spiro atoms. The van der Waals surface area contributed by atoms with Crippen LogP contribution in [-0.2, 0) is 9.53 Å². The molecule has 1 aliphatic rings. The first-order chi connectivity index (χ1) is 20.1. The fourth-order valence-corrected chi connectivity index (χ4v) is 6.22. The van der Waals surface area contributed by atoms with Gasteiger partial charge < -0.3 is 23.7 Å². The molecule has 1 atom stereocenters. The SMILES string of the molecule is CCOC(=O)C1=C(C)N=c2s/c(=C/c3cc(I)cc(OC)c3OCC#N)c(=O)n2[C@@H]1c1ccc(OC(C)C)c(OC)c1. The van der Waals surface area contributed by atoms with E-state index in [9.17, 15) is 9.59 Å². The van der Waals surface area contributed by atoms with Gasteiger partial charge in [0.15, 0.2) is 34.4 Å². The molecule has 2 aromatic carbocycles. The van der Waals surface area contributed by atoms with Gasteiger partial charge in [-0.3, -0.25) is 9.36 Å². The van der Waals surface area contributed by atoms with Crippen LogP contribution in [0.5, 0.6) is 23.0 Å². The van der Waals surface area contributed by atoms with Crippen molar-refractivity contribution in [2.75, 3.05) is 27.4 Å². The van der Waals surface area contributed by atoms with Crippen molar-refractivity contribution in [3.63, 3.8) is 0 Å². The van der Waals surface area contributed by atoms with E-state index >= 15 is 0 Å². The van der Waals surface area contributed by atoms with E-state index in [0.29, 0.717) is 49.2 Å². The van der Waals surface area contributed by atoms with Gasteiger partial charge in [-0.1, -0.05) is 17.4 Å². The van der Waals surface area contributed by atoms with E-state index in [-0.39, 0.29) is 30.5 Å². The Morgan fingerprint density at radius 3 is 2.57 bits per heavy atom. The average molecular weight is 704 g/mol. The molecule has 42 heavy (non-hydrogen) atoms. The van der Waals surface area contributed by atoms with Crippen molar-refractivity contribution in [3.05, 3.63) is 76.0 Å². The third kappa shape index (κ3) is 6.32. The number of thiazole rings is 1. The van der Waals surface area contributed by atoms with Crippen molar-refractivity contribution < 1.29 is 28.5 Å². The van der Waals surface area contributed by atoms with Crippen LogP contribution in [0.2, 0.25) is 0 Å². The maximum absolute atomic E-state index is 14.1. The number of ether oxygens (including phenoxy) is 5. The average Bonchev–Trinajstić information content (AvgIpc) is 3.25. The topological polar surface area (TPSA) is 121 Å². The van der Waals surface area contributed by atoms with Crippen LogP contribution in [0.1, 0.15) is 44.9 Å². The number of carbonyl (C=O) groups excluding carboxylic acids is 1. The second kappa shape index (κ2) is 13.4. The number of aromatic nitrogens is 1. The van der Waals surface area contributed by atoms with Crippen LogP contribution in [0.4, 0.5) is 0 Å². The molecule has 2 heterocycles. The van der Waals surface area contributed by atoms with Gasteiger partial charge in [-0.15, -0.1) is 0 Å². The van der Waals surface area contributed by atoms with Gasteiger partial charge in [0, 0.05) is 9.13 Å². The highest BCUT2D eigenvalue weighted by molar-refractivity contribution is 14.1. The van der Waals surface area contributed by atoms with Gasteiger partial charge in [0.05, 0.1) is 48.8 Å². The summed E-state index contributed by atoms with van der Waals surface area (Å²) in [6.07, 6.45) is 1.60. The third-order valence-electron chi connectivity index (χ3n) is 6.22. The molecule has 10 nitrogen and oxygen atoms in total. The fraction of sp³-hybridized carbons (Fsp3) is 0.333. The molecule has 0 aliphatic carbocycles. The molecule has 0 bridgehead atoms.